The number of carboxylic acid groups (broad SMARTS) is 1. The van der Waals surface area contributed by atoms with Crippen LogP contribution in [0.3, 0.4) is 0 Å². The third-order valence-corrected chi connectivity index (χ3v) is 3.25. The van der Waals surface area contributed by atoms with Gasteiger partial charge in [0, 0.05) is 5.38 Å². The number of aromatic carboxylic acids is 1. The SMILES string of the molecule is COc1ccc(CC(=O)Nc2nc(C(=O)O)cs2)cc1. The molecule has 1 heterocycles. The van der Waals surface area contributed by atoms with E-state index >= 15 is 0 Å². The summed E-state index contributed by atoms with van der Waals surface area (Å²) in [6.07, 6.45) is 0.186. The van der Waals surface area contributed by atoms with E-state index in [0.717, 1.165) is 22.6 Å². The quantitative estimate of drug-likeness (QED) is 0.880. The maximum absolute atomic E-state index is 11.8. The van der Waals surface area contributed by atoms with Crippen LogP contribution in [0.2, 0.25) is 0 Å². The number of hydrogen-bond acceptors (Lipinski definition) is 5. The minimum Gasteiger partial charge on any atom is -0.497 e. The molecular formula is C13H12N2O4S. The molecule has 0 aliphatic heterocycles. The average Bonchev–Trinajstić information content (AvgIpc) is 2.88. The molecule has 2 rings (SSSR count). The fourth-order valence-electron chi connectivity index (χ4n) is 1.52. The molecule has 0 fully saturated rings. The Morgan fingerprint density at radius 1 is 1.35 bits per heavy atom. The highest BCUT2D eigenvalue weighted by Crippen LogP contribution is 2.16. The van der Waals surface area contributed by atoms with E-state index in [0.29, 0.717) is 0 Å². The van der Waals surface area contributed by atoms with E-state index in [2.05, 4.69) is 10.3 Å². The van der Waals surface area contributed by atoms with Gasteiger partial charge in [-0.3, -0.25) is 4.79 Å². The van der Waals surface area contributed by atoms with E-state index < -0.39 is 5.97 Å². The van der Waals surface area contributed by atoms with Crippen LogP contribution < -0.4 is 10.1 Å². The van der Waals surface area contributed by atoms with Crippen LogP contribution >= 0.6 is 11.3 Å². The molecule has 0 saturated heterocycles. The number of carboxylic acids is 1. The number of nitrogens with one attached hydrogen (secondary N) is 1. The van der Waals surface area contributed by atoms with Gasteiger partial charge in [0.1, 0.15) is 5.75 Å². The van der Waals surface area contributed by atoms with Gasteiger partial charge in [-0.25, -0.2) is 9.78 Å². The summed E-state index contributed by atoms with van der Waals surface area (Å²) in [6, 6.07) is 7.13. The van der Waals surface area contributed by atoms with Crippen LogP contribution in [0.25, 0.3) is 0 Å². The summed E-state index contributed by atoms with van der Waals surface area (Å²) in [7, 11) is 1.57. The van der Waals surface area contributed by atoms with E-state index in [4.69, 9.17) is 9.84 Å². The van der Waals surface area contributed by atoms with E-state index in [1.54, 1.807) is 31.4 Å². The van der Waals surface area contributed by atoms with Gasteiger partial charge < -0.3 is 15.2 Å². The van der Waals surface area contributed by atoms with Crippen molar-refractivity contribution in [2.45, 2.75) is 6.42 Å². The molecule has 2 N–H and O–H groups in total. The van der Waals surface area contributed by atoms with Crippen LogP contribution in [0.4, 0.5) is 5.13 Å². The Labute approximate surface area is 119 Å². The summed E-state index contributed by atoms with van der Waals surface area (Å²) in [5, 5.41) is 13.0. The normalized spacial score (nSPS) is 10.1. The lowest BCUT2D eigenvalue weighted by atomic mass is 10.1. The Morgan fingerprint density at radius 2 is 2.05 bits per heavy atom. The molecule has 0 unspecified atom stereocenters. The van der Waals surface area contributed by atoms with Crippen LogP contribution in [-0.4, -0.2) is 29.1 Å². The van der Waals surface area contributed by atoms with Crippen molar-refractivity contribution in [3.05, 3.63) is 40.9 Å². The average molecular weight is 292 g/mol. The van der Waals surface area contributed by atoms with Crippen LogP contribution in [-0.2, 0) is 11.2 Å². The summed E-state index contributed by atoms with van der Waals surface area (Å²) in [5.74, 6) is -0.640. The topological polar surface area (TPSA) is 88.5 Å². The summed E-state index contributed by atoms with van der Waals surface area (Å²) in [6.45, 7) is 0. The fraction of sp³-hybridized carbons (Fsp3) is 0.154. The Morgan fingerprint density at radius 3 is 2.60 bits per heavy atom. The largest absolute Gasteiger partial charge is 0.497 e. The number of nitrogens with zero attached hydrogens (tertiary/aromatic N) is 1. The Bertz CT molecular complexity index is 622. The predicted molar refractivity (Wildman–Crippen MR) is 74.4 cm³/mol. The molecule has 1 aromatic heterocycles. The number of rotatable bonds is 5. The fourth-order valence-corrected chi connectivity index (χ4v) is 2.22. The molecule has 0 aliphatic carbocycles. The first-order valence-corrected chi connectivity index (χ1v) is 6.58. The van der Waals surface area contributed by atoms with Crippen molar-refractivity contribution in [1.82, 2.24) is 4.98 Å². The number of benzene rings is 1. The third kappa shape index (κ3) is 3.55. The minimum atomic E-state index is -1.11. The lowest BCUT2D eigenvalue weighted by Crippen LogP contribution is -2.14. The zero-order valence-corrected chi connectivity index (χ0v) is 11.4. The van der Waals surface area contributed by atoms with E-state index in [1.807, 2.05) is 0 Å². The number of methoxy groups -OCH3 is 1. The summed E-state index contributed by atoms with van der Waals surface area (Å²) in [5.41, 5.74) is 0.757. The second-order valence-electron chi connectivity index (χ2n) is 3.92. The van der Waals surface area contributed by atoms with E-state index in [9.17, 15) is 9.59 Å². The number of anilines is 1. The number of carbonyl (C=O) groups excluding carboxylic acids is 1. The number of aromatic nitrogens is 1. The van der Waals surface area contributed by atoms with Crippen molar-refractivity contribution >= 4 is 28.3 Å². The molecule has 1 aromatic carbocycles. The second-order valence-corrected chi connectivity index (χ2v) is 4.77. The molecule has 0 bridgehead atoms. The first kappa shape index (κ1) is 14.0. The highest BCUT2D eigenvalue weighted by atomic mass is 32.1. The molecule has 6 nitrogen and oxygen atoms in total. The monoisotopic (exact) mass is 292 g/mol. The predicted octanol–water partition coefficient (Wildman–Crippen LogP) is 2.03. The smallest absolute Gasteiger partial charge is 0.355 e. The number of ether oxygens (including phenoxy) is 1. The van der Waals surface area contributed by atoms with Crippen LogP contribution in [0.1, 0.15) is 16.1 Å². The van der Waals surface area contributed by atoms with Crippen LogP contribution in [0.5, 0.6) is 5.75 Å². The van der Waals surface area contributed by atoms with Gasteiger partial charge >= 0.3 is 5.97 Å². The van der Waals surface area contributed by atoms with Gasteiger partial charge in [0.05, 0.1) is 13.5 Å². The Kier molecular flexibility index (Phi) is 4.31. The number of amides is 1. The lowest BCUT2D eigenvalue weighted by molar-refractivity contribution is -0.115. The highest BCUT2D eigenvalue weighted by molar-refractivity contribution is 7.14. The van der Waals surface area contributed by atoms with E-state index in [-0.39, 0.29) is 23.2 Å². The van der Waals surface area contributed by atoms with Gasteiger partial charge in [-0.05, 0) is 17.7 Å². The summed E-state index contributed by atoms with van der Waals surface area (Å²) in [4.78, 5) is 26.2. The number of carbonyl (C=O) groups is 2. The molecule has 0 aliphatic rings. The van der Waals surface area contributed by atoms with Gasteiger partial charge in [0.15, 0.2) is 10.8 Å². The molecule has 20 heavy (non-hydrogen) atoms. The molecule has 0 saturated carbocycles. The van der Waals surface area contributed by atoms with Crippen molar-refractivity contribution in [3.8, 4) is 5.75 Å². The number of thiazole rings is 1. The third-order valence-electron chi connectivity index (χ3n) is 2.49. The first-order valence-electron chi connectivity index (χ1n) is 5.70. The van der Waals surface area contributed by atoms with Crippen molar-refractivity contribution in [1.29, 1.82) is 0 Å². The molecule has 0 atom stereocenters. The van der Waals surface area contributed by atoms with Crippen molar-refractivity contribution in [2.75, 3.05) is 12.4 Å². The van der Waals surface area contributed by atoms with E-state index in [1.165, 1.54) is 5.38 Å². The Hall–Kier alpha value is -2.41. The van der Waals surface area contributed by atoms with Crippen molar-refractivity contribution in [2.24, 2.45) is 0 Å². The molecule has 1 amide bonds. The molecule has 7 heteroatoms. The molecular weight excluding hydrogens is 280 g/mol. The zero-order valence-electron chi connectivity index (χ0n) is 10.6. The summed E-state index contributed by atoms with van der Waals surface area (Å²) < 4.78 is 5.03. The maximum atomic E-state index is 11.8. The van der Waals surface area contributed by atoms with Gasteiger partial charge in [-0.2, -0.15) is 0 Å². The zero-order chi connectivity index (χ0) is 14.5. The lowest BCUT2D eigenvalue weighted by Gasteiger charge is -2.03. The van der Waals surface area contributed by atoms with Gasteiger partial charge in [-0.1, -0.05) is 12.1 Å². The molecule has 2 aromatic rings. The molecule has 0 spiro atoms. The minimum absolute atomic E-state index is 0.0743. The van der Waals surface area contributed by atoms with Crippen LogP contribution in [0.15, 0.2) is 29.6 Å². The van der Waals surface area contributed by atoms with Gasteiger partial charge in [-0.15, -0.1) is 11.3 Å². The summed E-state index contributed by atoms with van der Waals surface area (Å²) >= 11 is 1.08. The van der Waals surface area contributed by atoms with Crippen molar-refractivity contribution < 1.29 is 19.4 Å². The van der Waals surface area contributed by atoms with Gasteiger partial charge in [0.2, 0.25) is 5.91 Å². The number of hydrogen-bond donors (Lipinski definition) is 2. The second kappa shape index (κ2) is 6.16. The van der Waals surface area contributed by atoms with Crippen molar-refractivity contribution in [3.63, 3.8) is 0 Å². The standard InChI is InChI=1S/C13H12N2O4S/c1-19-9-4-2-8(3-5-9)6-11(16)15-13-14-10(7-20-13)12(17)18/h2-5,7H,6H2,1H3,(H,17,18)(H,14,15,16). The first-order chi connectivity index (χ1) is 9.58. The molecule has 0 radical (unpaired) electrons. The van der Waals surface area contributed by atoms with Gasteiger partial charge in [0.25, 0.3) is 0 Å². The molecule has 104 valence electrons. The van der Waals surface area contributed by atoms with Crippen LogP contribution in [0, 0.1) is 0 Å². The Balaban J connectivity index is 1.95. The highest BCUT2D eigenvalue weighted by Gasteiger charge is 2.11. The maximum Gasteiger partial charge on any atom is 0.355 e.